The number of rotatable bonds is 3. The van der Waals surface area contributed by atoms with Crippen molar-refractivity contribution in [2.45, 2.75) is 45.8 Å². The summed E-state index contributed by atoms with van der Waals surface area (Å²) in [6, 6.07) is -0.0240. The molecule has 2 aliphatic rings. The first kappa shape index (κ1) is 15.0. The van der Waals surface area contributed by atoms with Gasteiger partial charge in [-0.05, 0) is 39.8 Å². The van der Waals surface area contributed by atoms with Crippen molar-refractivity contribution in [1.29, 1.82) is 0 Å². The monoisotopic (exact) mass is 305 g/mol. The minimum Gasteiger partial charge on any atom is -0.334 e. The van der Waals surface area contributed by atoms with E-state index in [1.807, 2.05) is 6.92 Å². The number of hydrogen-bond acceptors (Lipinski definition) is 4. The number of aromatic amines is 1. The molecule has 2 amide bonds. The number of fused-ring (bicyclic) bond motifs is 1. The Morgan fingerprint density at radius 3 is 2.82 bits per heavy atom. The summed E-state index contributed by atoms with van der Waals surface area (Å²) in [5.74, 6) is 0.591. The molecule has 1 saturated heterocycles. The van der Waals surface area contributed by atoms with Gasteiger partial charge in [-0.15, -0.1) is 0 Å². The number of carbonyl (C=O) groups is 1. The van der Waals surface area contributed by atoms with Gasteiger partial charge >= 0.3 is 6.03 Å². The molecule has 3 heterocycles. The third-order valence-corrected chi connectivity index (χ3v) is 4.30. The van der Waals surface area contributed by atoms with Gasteiger partial charge in [0, 0.05) is 12.6 Å². The molecule has 0 bridgehead atoms. The Balaban J connectivity index is 1.58. The van der Waals surface area contributed by atoms with Crippen LogP contribution in [0.15, 0.2) is 4.79 Å². The van der Waals surface area contributed by atoms with E-state index in [9.17, 15) is 9.59 Å². The number of carbonyl (C=O) groups excluding carboxylic acids is 1. The van der Waals surface area contributed by atoms with Gasteiger partial charge in [-0.2, -0.15) is 0 Å². The highest BCUT2D eigenvalue weighted by molar-refractivity contribution is 5.75. The molecule has 0 aromatic carbocycles. The summed E-state index contributed by atoms with van der Waals surface area (Å²) in [5.41, 5.74) is 1.18. The predicted octanol–water partition coefficient (Wildman–Crippen LogP) is 0.588. The average Bonchev–Trinajstić information content (AvgIpc) is 3.07. The maximum Gasteiger partial charge on any atom is 0.318 e. The van der Waals surface area contributed by atoms with E-state index in [1.165, 1.54) is 12.8 Å². The molecular weight excluding hydrogens is 282 g/mol. The normalized spacial score (nSPS) is 19.3. The SMILES string of the molecule is Cc1nc2c(c(=O)[nH]1)CN(C(=O)N[C@@H](C)CN1CCCC1)C2. The molecule has 7 nitrogen and oxygen atoms in total. The van der Waals surface area contributed by atoms with E-state index < -0.39 is 0 Å². The number of nitrogens with one attached hydrogen (secondary N) is 2. The van der Waals surface area contributed by atoms with E-state index in [4.69, 9.17) is 0 Å². The Hall–Kier alpha value is -1.89. The second kappa shape index (κ2) is 6.08. The molecule has 0 aliphatic carbocycles. The number of H-pyrrole nitrogens is 1. The highest BCUT2D eigenvalue weighted by Crippen LogP contribution is 2.17. The Labute approximate surface area is 129 Å². The van der Waals surface area contributed by atoms with Gasteiger partial charge in [-0.1, -0.05) is 0 Å². The lowest BCUT2D eigenvalue weighted by atomic mass is 10.3. The van der Waals surface area contributed by atoms with Gasteiger partial charge in [0.25, 0.3) is 5.56 Å². The summed E-state index contributed by atoms with van der Waals surface area (Å²) in [6.07, 6.45) is 2.49. The number of aryl methyl sites for hydroxylation is 1. The third kappa shape index (κ3) is 3.14. The summed E-state index contributed by atoms with van der Waals surface area (Å²) in [5, 5.41) is 3.02. The van der Waals surface area contributed by atoms with E-state index >= 15 is 0 Å². The van der Waals surface area contributed by atoms with Gasteiger partial charge < -0.3 is 20.1 Å². The van der Waals surface area contributed by atoms with Crippen LogP contribution in [0.5, 0.6) is 0 Å². The largest absolute Gasteiger partial charge is 0.334 e. The molecule has 7 heteroatoms. The molecule has 0 saturated carbocycles. The lowest BCUT2D eigenvalue weighted by Gasteiger charge is -2.24. The van der Waals surface area contributed by atoms with Crippen LogP contribution >= 0.6 is 0 Å². The molecule has 0 radical (unpaired) electrons. The number of nitrogens with zero attached hydrogens (tertiary/aromatic N) is 3. The summed E-state index contributed by atoms with van der Waals surface area (Å²) in [6.45, 7) is 7.63. The van der Waals surface area contributed by atoms with Crippen LogP contribution in [0.3, 0.4) is 0 Å². The first-order valence-electron chi connectivity index (χ1n) is 7.89. The zero-order valence-corrected chi connectivity index (χ0v) is 13.2. The molecule has 120 valence electrons. The van der Waals surface area contributed by atoms with Crippen LogP contribution in [-0.4, -0.2) is 51.5 Å². The summed E-state index contributed by atoms with van der Waals surface area (Å²) in [4.78, 5) is 35.3. The smallest absolute Gasteiger partial charge is 0.318 e. The molecule has 1 aromatic rings. The maximum absolute atomic E-state index is 12.4. The summed E-state index contributed by atoms with van der Waals surface area (Å²) in [7, 11) is 0. The first-order chi connectivity index (χ1) is 10.5. The van der Waals surface area contributed by atoms with Gasteiger partial charge in [-0.3, -0.25) is 4.79 Å². The molecule has 2 N–H and O–H groups in total. The number of amides is 2. The van der Waals surface area contributed by atoms with Crippen molar-refractivity contribution in [3.05, 3.63) is 27.4 Å². The highest BCUT2D eigenvalue weighted by Gasteiger charge is 2.28. The fourth-order valence-electron chi connectivity index (χ4n) is 3.23. The Kier molecular flexibility index (Phi) is 4.15. The fourth-order valence-corrected chi connectivity index (χ4v) is 3.23. The minimum absolute atomic E-state index is 0.0993. The van der Waals surface area contributed by atoms with E-state index in [-0.39, 0.29) is 17.6 Å². The quantitative estimate of drug-likeness (QED) is 0.856. The first-order valence-corrected chi connectivity index (χ1v) is 7.89. The average molecular weight is 305 g/mol. The molecule has 0 unspecified atom stereocenters. The van der Waals surface area contributed by atoms with Gasteiger partial charge in [-0.25, -0.2) is 9.78 Å². The zero-order chi connectivity index (χ0) is 15.7. The van der Waals surface area contributed by atoms with Crippen LogP contribution in [0.4, 0.5) is 4.79 Å². The van der Waals surface area contributed by atoms with Crippen LogP contribution in [0, 0.1) is 6.92 Å². The van der Waals surface area contributed by atoms with Gasteiger partial charge in [0.2, 0.25) is 0 Å². The molecule has 1 aromatic heterocycles. The lowest BCUT2D eigenvalue weighted by molar-refractivity contribution is 0.190. The lowest BCUT2D eigenvalue weighted by Crippen LogP contribution is -2.46. The molecule has 1 fully saturated rings. The van der Waals surface area contributed by atoms with Crippen LogP contribution in [0.2, 0.25) is 0 Å². The number of likely N-dealkylation sites (tertiary alicyclic amines) is 1. The number of aromatic nitrogens is 2. The van der Waals surface area contributed by atoms with E-state index in [0.29, 0.717) is 30.2 Å². The van der Waals surface area contributed by atoms with E-state index in [1.54, 1.807) is 11.8 Å². The van der Waals surface area contributed by atoms with Crippen molar-refractivity contribution >= 4 is 6.03 Å². The molecule has 1 atom stereocenters. The van der Waals surface area contributed by atoms with Crippen molar-refractivity contribution in [1.82, 2.24) is 25.1 Å². The van der Waals surface area contributed by atoms with E-state index in [0.717, 1.165) is 19.6 Å². The molecular formula is C15H23N5O2. The van der Waals surface area contributed by atoms with Crippen LogP contribution in [-0.2, 0) is 13.1 Å². The summed E-state index contributed by atoms with van der Waals surface area (Å²) >= 11 is 0. The number of urea groups is 1. The Morgan fingerprint density at radius 2 is 2.09 bits per heavy atom. The van der Waals surface area contributed by atoms with Crippen molar-refractivity contribution in [3.63, 3.8) is 0 Å². The number of hydrogen-bond donors (Lipinski definition) is 2. The molecule has 22 heavy (non-hydrogen) atoms. The third-order valence-electron chi connectivity index (χ3n) is 4.30. The van der Waals surface area contributed by atoms with Crippen molar-refractivity contribution in [2.24, 2.45) is 0 Å². The van der Waals surface area contributed by atoms with Crippen molar-refractivity contribution < 1.29 is 4.79 Å². The molecule has 2 aliphatic heterocycles. The van der Waals surface area contributed by atoms with Gasteiger partial charge in [0.15, 0.2) is 0 Å². The highest BCUT2D eigenvalue weighted by atomic mass is 16.2. The minimum atomic E-state index is -0.136. The van der Waals surface area contributed by atoms with Crippen LogP contribution in [0.1, 0.15) is 36.8 Å². The summed E-state index contributed by atoms with van der Waals surface area (Å²) < 4.78 is 0. The molecule has 0 spiro atoms. The topological polar surface area (TPSA) is 81.3 Å². The zero-order valence-electron chi connectivity index (χ0n) is 13.2. The maximum atomic E-state index is 12.4. The fraction of sp³-hybridized carbons (Fsp3) is 0.667. The second-order valence-corrected chi connectivity index (χ2v) is 6.29. The Morgan fingerprint density at radius 1 is 1.36 bits per heavy atom. The standard InChI is InChI=1S/C15H23N5O2/c1-10(7-19-5-3-4-6-19)16-15(22)20-8-12-13(9-20)17-11(2)18-14(12)21/h10H,3-9H2,1-2H3,(H,16,22)(H,17,18,21)/t10-/m0/s1. The van der Waals surface area contributed by atoms with Crippen molar-refractivity contribution in [2.75, 3.05) is 19.6 Å². The second-order valence-electron chi connectivity index (χ2n) is 6.29. The van der Waals surface area contributed by atoms with Gasteiger partial charge in [0.05, 0.1) is 24.3 Å². The molecule has 3 rings (SSSR count). The Bertz CT molecular complexity index is 621. The van der Waals surface area contributed by atoms with E-state index in [2.05, 4.69) is 20.2 Å². The predicted molar refractivity (Wildman–Crippen MR) is 82.5 cm³/mol. The van der Waals surface area contributed by atoms with Crippen molar-refractivity contribution in [3.8, 4) is 0 Å². The van der Waals surface area contributed by atoms with Crippen LogP contribution < -0.4 is 10.9 Å². The van der Waals surface area contributed by atoms with Gasteiger partial charge in [0.1, 0.15) is 5.82 Å². The van der Waals surface area contributed by atoms with Crippen LogP contribution in [0.25, 0.3) is 0 Å².